The van der Waals surface area contributed by atoms with Crippen LogP contribution in [0, 0.1) is 0 Å². The van der Waals surface area contributed by atoms with E-state index in [4.69, 9.17) is 5.73 Å². The lowest BCUT2D eigenvalue weighted by atomic mass is 10.2. The van der Waals surface area contributed by atoms with Crippen LogP contribution in [0.1, 0.15) is 45.4 Å². The lowest BCUT2D eigenvalue weighted by Gasteiger charge is -2.22. The van der Waals surface area contributed by atoms with Gasteiger partial charge in [-0.05, 0) is 25.8 Å². The van der Waals surface area contributed by atoms with Gasteiger partial charge in [0.2, 0.25) is 11.8 Å². The Labute approximate surface area is 116 Å². The second kappa shape index (κ2) is 8.91. The van der Waals surface area contributed by atoms with E-state index in [1.807, 2.05) is 16.7 Å². The molecule has 0 radical (unpaired) electrons. The molecule has 0 aromatic rings. The highest BCUT2D eigenvalue weighted by Crippen LogP contribution is 2.08. The van der Waals surface area contributed by atoms with Gasteiger partial charge in [0, 0.05) is 39.0 Å². The van der Waals surface area contributed by atoms with E-state index in [0.717, 1.165) is 38.8 Å². The largest absolute Gasteiger partial charge is 0.341 e. The van der Waals surface area contributed by atoms with Crippen LogP contribution in [0.2, 0.25) is 0 Å². The summed E-state index contributed by atoms with van der Waals surface area (Å²) in [6, 6.07) is 0. The number of nitrogens with zero attached hydrogens (tertiary/aromatic N) is 2. The molecule has 0 aromatic carbocycles. The first-order chi connectivity index (χ1) is 9.19. The van der Waals surface area contributed by atoms with Gasteiger partial charge in [0.1, 0.15) is 0 Å². The van der Waals surface area contributed by atoms with E-state index in [0.29, 0.717) is 32.5 Å². The molecule has 1 heterocycles. The summed E-state index contributed by atoms with van der Waals surface area (Å²) < 4.78 is 0. The third-order valence-corrected chi connectivity index (χ3v) is 3.60. The van der Waals surface area contributed by atoms with Crippen LogP contribution in [0.15, 0.2) is 0 Å². The van der Waals surface area contributed by atoms with Crippen molar-refractivity contribution in [2.45, 2.75) is 45.4 Å². The molecule has 110 valence electrons. The monoisotopic (exact) mass is 269 g/mol. The van der Waals surface area contributed by atoms with Crippen molar-refractivity contribution in [3.63, 3.8) is 0 Å². The summed E-state index contributed by atoms with van der Waals surface area (Å²) in [6.07, 6.45) is 4.99. The zero-order valence-corrected chi connectivity index (χ0v) is 12.1. The highest BCUT2D eigenvalue weighted by Gasteiger charge is 2.20. The molecule has 0 aromatic heterocycles. The van der Waals surface area contributed by atoms with Gasteiger partial charge in [-0.1, -0.05) is 13.3 Å². The quantitative estimate of drug-likeness (QED) is 0.731. The van der Waals surface area contributed by atoms with Gasteiger partial charge in [-0.15, -0.1) is 0 Å². The Kier molecular flexibility index (Phi) is 7.48. The predicted octanol–water partition coefficient (Wildman–Crippen LogP) is 0.976. The van der Waals surface area contributed by atoms with Crippen LogP contribution in [0.25, 0.3) is 0 Å². The molecule has 0 atom stereocenters. The Balaban J connectivity index is 2.31. The summed E-state index contributed by atoms with van der Waals surface area (Å²) in [6.45, 7) is 5.51. The summed E-state index contributed by atoms with van der Waals surface area (Å²) in [4.78, 5) is 27.5. The molecule has 19 heavy (non-hydrogen) atoms. The molecule has 0 saturated carbocycles. The van der Waals surface area contributed by atoms with Gasteiger partial charge in [0.05, 0.1) is 0 Å². The minimum Gasteiger partial charge on any atom is -0.341 e. The van der Waals surface area contributed by atoms with Gasteiger partial charge >= 0.3 is 0 Å². The van der Waals surface area contributed by atoms with Gasteiger partial charge in [0.25, 0.3) is 0 Å². The minimum absolute atomic E-state index is 0.192. The van der Waals surface area contributed by atoms with Crippen LogP contribution < -0.4 is 5.73 Å². The van der Waals surface area contributed by atoms with Crippen molar-refractivity contribution in [1.82, 2.24) is 9.80 Å². The molecule has 1 saturated heterocycles. The molecule has 0 aliphatic carbocycles. The third-order valence-electron chi connectivity index (χ3n) is 3.60. The first-order valence-electron chi connectivity index (χ1n) is 7.44. The van der Waals surface area contributed by atoms with Crippen molar-refractivity contribution in [1.29, 1.82) is 0 Å². The summed E-state index contributed by atoms with van der Waals surface area (Å²) >= 11 is 0. The van der Waals surface area contributed by atoms with E-state index in [1.54, 1.807) is 0 Å². The molecular weight excluding hydrogens is 242 g/mol. The van der Waals surface area contributed by atoms with Gasteiger partial charge in [-0.3, -0.25) is 9.59 Å². The second-order valence-corrected chi connectivity index (χ2v) is 5.07. The molecule has 1 aliphatic rings. The minimum atomic E-state index is 0.192. The van der Waals surface area contributed by atoms with E-state index >= 15 is 0 Å². The maximum Gasteiger partial charge on any atom is 0.222 e. The van der Waals surface area contributed by atoms with Gasteiger partial charge < -0.3 is 15.5 Å². The van der Waals surface area contributed by atoms with Crippen LogP contribution in [0.3, 0.4) is 0 Å². The number of carbonyl (C=O) groups excluding carboxylic acids is 2. The normalized spacial score (nSPS) is 16.3. The fourth-order valence-corrected chi connectivity index (χ4v) is 2.40. The van der Waals surface area contributed by atoms with E-state index in [-0.39, 0.29) is 11.8 Å². The number of hydrogen-bond acceptors (Lipinski definition) is 3. The SMILES string of the molecule is CCC(=O)N1CCCN(C(=O)CCCCCN)CC1. The van der Waals surface area contributed by atoms with Gasteiger partial charge in [-0.25, -0.2) is 0 Å². The zero-order chi connectivity index (χ0) is 14.1. The van der Waals surface area contributed by atoms with Crippen LogP contribution in [-0.2, 0) is 9.59 Å². The Bertz CT molecular complexity index is 294. The summed E-state index contributed by atoms with van der Waals surface area (Å²) in [7, 11) is 0. The first kappa shape index (κ1) is 16.0. The fraction of sp³-hybridized carbons (Fsp3) is 0.857. The van der Waals surface area contributed by atoms with Crippen LogP contribution >= 0.6 is 0 Å². The Morgan fingerprint density at radius 1 is 0.947 bits per heavy atom. The average Bonchev–Trinajstić information content (AvgIpc) is 2.68. The fourth-order valence-electron chi connectivity index (χ4n) is 2.40. The molecule has 5 heteroatoms. The van der Waals surface area contributed by atoms with E-state index in [2.05, 4.69) is 0 Å². The summed E-state index contributed by atoms with van der Waals surface area (Å²) in [5.74, 6) is 0.417. The second-order valence-electron chi connectivity index (χ2n) is 5.07. The molecule has 1 rings (SSSR count). The molecule has 5 nitrogen and oxygen atoms in total. The predicted molar refractivity (Wildman–Crippen MR) is 75.6 cm³/mol. The highest BCUT2D eigenvalue weighted by atomic mass is 16.2. The van der Waals surface area contributed by atoms with Crippen molar-refractivity contribution >= 4 is 11.8 Å². The van der Waals surface area contributed by atoms with Crippen LogP contribution in [-0.4, -0.2) is 54.3 Å². The number of hydrogen-bond donors (Lipinski definition) is 1. The van der Waals surface area contributed by atoms with Crippen LogP contribution in [0.5, 0.6) is 0 Å². The van der Waals surface area contributed by atoms with Crippen molar-refractivity contribution in [2.75, 3.05) is 32.7 Å². The Hall–Kier alpha value is -1.10. The Morgan fingerprint density at radius 2 is 1.58 bits per heavy atom. The highest BCUT2D eigenvalue weighted by molar-refractivity contribution is 5.77. The molecule has 2 N–H and O–H groups in total. The number of amides is 2. The number of rotatable bonds is 6. The van der Waals surface area contributed by atoms with Crippen molar-refractivity contribution in [2.24, 2.45) is 5.73 Å². The topological polar surface area (TPSA) is 66.6 Å². The number of carbonyl (C=O) groups is 2. The number of unbranched alkanes of at least 4 members (excludes halogenated alkanes) is 2. The molecular formula is C14H27N3O2. The van der Waals surface area contributed by atoms with Crippen molar-refractivity contribution in [3.8, 4) is 0 Å². The van der Waals surface area contributed by atoms with Crippen molar-refractivity contribution in [3.05, 3.63) is 0 Å². The Morgan fingerprint density at radius 3 is 2.16 bits per heavy atom. The molecule has 1 fully saturated rings. The van der Waals surface area contributed by atoms with Crippen molar-refractivity contribution < 1.29 is 9.59 Å². The smallest absolute Gasteiger partial charge is 0.222 e. The zero-order valence-electron chi connectivity index (χ0n) is 12.1. The molecule has 0 unspecified atom stereocenters. The van der Waals surface area contributed by atoms with Gasteiger partial charge in [-0.2, -0.15) is 0 Å². The summed E-state index contributed by atoms with van der Waals surface area (Å²) in [5, 5.41) is 0. The molecule has 1 aliphatic heterocycles. The van der Waals surface area contributed by atoms with Gasteiger partial charge in [0.15, 0.2) is 0 Å². The first-order valence-corrected chi connectivity index (χ1v) is 7.44. The van der Waals surface area contributed by atoms with E-state index in [9.17, 15) is 9.59 Å². The summed E-state index contributed by atoms with van der Waals surface area (Å²) in [5.41, 5.74) is 5.43. The van der Waals surface area contributed by atoms with E-state index in [1.165, 1.54) is 0 Å². The number of nitrogens with two attached hydrogens (primary N) is 1. The molecule has 2 amide bonds. The lowest BCUT2D eigenvalue weighted by molar-refractivity contribution is -0.133. The third kappa shape index (κ3) is 5.59. The lowest BCUT2D eigenvalue weighted by Crippen LogP contribution is -2.37. The van der Waals surface area contributed by atoms with Crippen LogP contribution in [0.4, 0.5) is 0 Å². The standard InChI is InChI=1S/C14H27N3O2/c1-2-13(18)16-9-6-10-17(12-11-16)14(19)7-4-3-5-8-15/h2-12,15H2,1H3. The van der Waals surface area contributed by atoms with E-state index < -0.39 is 0 Å². The average molecular weight is 269 g/mol. The maximum atomic E-state index is 12.1. The molecule has 0 spiro atoms. The molecule has 0 bridgehead atoms. The maximum absolute atomic E-state index is 12.1.